The number of amides is 1. The summed E-state index contributed by atoms with van der Waals surface area (Å²) in [7, 11) is 0. The molecule has 0 saturated carbocycles. The average Bonchev–Trinajstić information content (AvgIpc) is 2.60. The number of benzene rings is 2. The van der Waals surface area contributed by atoms with Gasteiger partial charge in [-0.2, -0.15) is 0 Å². The number of carbonyl (C=O) groups excluding carboxylic acids is 1. The SMILES string of the molecule is Cc1cc(C)c(NC(=O)Cn2cnc(-c3ccccc3)cc2=O)c(C)c1. The number of rotatable bonds is 4. The van der Waals surface area contributed by atoms with E-state index < -0.39 is 0 Å². The topological polar surface area (TPSA) is 64.0 Å². The van der Waals surface area contributed by atoms with E-state index in [-0.39, 0.29) is 18.0 Å². The number of hydrogen-bond acceptors (Lipinski definition) is 3. The molecule has 1 heterocycles. The standard InChI is InChI=1S/C21H21N3O2/c1-14-9-15(2)21(16(3)10-14)23-19(25)12-24-13-22-18(11-20(24)26)17-7-5-4-6-8-17/h4-11,13H,12H2,1-3H3,(H,23,25). The molecule has 5 heteroatoms. The van der Waals surface area contributed by atoms with Gasteiger partial charge in [0.25, 0.3) is 5.56 Å². The summed E-state index contributed by atoms with van der Waals surface area (Å²) in [5.74, 6) is -0.253. The van der Waals surface area contributed by atoms with Gasteiger partial charge in [0.15, 0.2) is 0 Å². The Kier molecular flexibility index (Phi) is 4.98. The zero-order chi connectivity index (χ0) is 18.7. The summed E-state index contributed by atoms with van der Waals surface area (Å²) in [4.78, 5) is 29.0. The van der Waals surface area contributed by atoms with E-state index >= 15 is 0 Å². The first-order valence-corrected chi connectivity index (χ1v) is 8.43. The summed E-state index contributed by atoms with van der Waals surface area (Å²) >= 11 is 0. The van der Waals surface area contributed by atoms with Crippen LogP contribution in [0.5, 0.6) is 0 Å². The number of nitrogens with zero attached hydrogens (tertiary/aromatic N) is 2. The lowest BCUT2D eigenvalue weighted by molar-refractivity contribution is -0.116. The van der Waals surface area contributed by atoms with Gasteiger partial charge >= 0.3 is 0 Å². The zero-order valence-electron chi connectivity index (χ0n) is 15.1. The molecule has 3 rings (SSSR count). The number of nitrogens with one attached hydrogen (secondary N) is 1. The van der Waals surface area contributed by atoms with Crippen LogP contribution in [0.3, 0.4) is 0 Å². The fourth-order valence-corrected chi connectivity index (χ4v) is 3.02. The van der Waals surface area contributed by atoms with E-state index in [0.29, 0.717) is 5.69 Å². The van der Waals surface area contributed by atoms with Crippen molar-refractivity contribution in [1.29, 1.82) is 0 Å². The maximum Gasteiger partial charge on any atom is 0.254 e. The van der Waals surface area contributed by atoms with E-state index in [1.807, 2.05) is 63.2 Å². The molecular formula is C21H21N3O2. The minimum atomic E-state index is -0.258. The van der Waals surface area contributed by atoms with Gasteiger partial charge in [-0.3, -0.25) is 14.2 Å². The Balaban J connectivity index is 1.77. The quantitative estimate of drug-likeness (QED) is 0.786. The smallest absolute Gasteiger partial charge is 0.254 e. The first-order chi connectivity index (χ1) is 12.4. The molecule has 5 nitrogen and oxygen atoms in total. The number of aryl methyl sites for hydroxylation is 3. The molecule has 132 valence electrons. The van der Waals surface area contributed by atoms with Crippen molar-refractivity contribution in [3.8, 4) is 11.3 Å². The van der Waals surface area contributed by atoms with Crippen molar-refractivity contribution >= 4 is 11.6 Å². The monoisotopic (exact) mass is 347 g/mol. The molecule has 26 heavy (non-hydrogen) atoms. The van der Waals surface area contributed by atoms with Gasteiger partial charge in [0.2, 0.25) is 5.91 Å². The third kappa shape index (κ3) is 3.88. The molecule has 0 spiro atoms. The first kappa shape index (κ1) is 17.6. The van der Waals surface area contributed by atoms with Crippen LogP contribution in [0.1, 0.15) is 16.7 Å². The Labute approximate surface area is 152 Å². The van der Waals surface area contributed by atoms with Crippen molar-refractivity contribution in [2.45, 2.75) is 27.3 Å². The fraction of sp³-hybridized carbons (Fsp3) is 0.190. The maximum atomic E-state index is 12.4. The van der Waals surface area contributed by atoms with Gasteiger partial charge in [0.1, 0.15) is 6.54 Å². The normalized spacial score (nSPS) is 10.6. The van der Waals surface area contributed by atoms with E-state index in [1.54, 1.807) is 0 Å². The highest BCUT2D eigenvalue weighted by Crippen LogP contribution is 2.21. The van der Waals surface area contributed by atoms with Gasteiger partial charge in [-0.05, 0) is 31.9 Å². The third-order valence-electron chi connectivity index (χ3n) is 4.20. The molecule has 0 radical (unpaired) electrons. The van der Waals surface area contributed by atoms with Gasteiger partial charge in [-0.15, -0.1) is 0 Å². The molecule has 0 aliphatic heterocycles. The van der Waals surface area contributed by atoms with E-state index in [2.05, 4.69) is 10.3 Å². The second kappa shape index (κ2) is 7.35. The van der Waals surface area contributed by atoms with Crippen molar-refractivity contribution in [1.82, 2.24) is 9.55 Å². The highest BCUT2D eigenvalue weighted by atomic mass is 16.2. The highest BCUT2D eigenvalue weighted by Gasteiger charge is 2.10. The van der Waals surface area contributed by atoms with Gasteiger partial charge in [0, 0.05) is 17.3 Å². The molecule has 0 saturated heterocycles. The van der Waals surface area contributed by atoms with E-state index in [4.69, 9.17) is 0 Å². The van der Waals surface area contributed by atoms with Crippen LogP contribution in [0.2, 0.25) is 0 Å². The second-order valence-electron chi connectivity index (χ2n) is 6.43. The van der Waals surface area contributed by atoms with E-state index in [1.165, 1.54) is 17.0 Å². The summed E-state index contributed by atoms with van der Waals surface area (Å²) in [6.45, 7) is 5.86. The summed E-state index contributed by atoms with van der Waals surface area (Å²) in [6, 6.07) is 15.0. The van der Waals surface area contributed by atoms with Crippen molar-refractivity contribution in [3.63, 3.8) is 0 Å². The van der Waals surface area contributed by atoms with Crippen molar-refractivity contribution in [2.24, 2.45) is 0 Å². The predicted octanol–water partition coefficient (Wildman–Crippen LogP) is 3.47. The molecule has 3 aromatic rings. The van der Waals surface area contributed by atoms with Crippen LogP contribution < -0.4 is 10.9 Å². The lowest BCUT2D eigenvalue weighted by Gasteiger charge is -2.13. The maximum absolute atomic E-state index is 12.4. The summed E-state index contributed by atoms with van der Waals surface area (Å²) < 4.78 is 1.31. The first-order valence-electron chi connectivity index (χ1n) is 8.43. The third-order valence-corrected chi connectivity index (χ3v) is 4.20. The Hall–Kier alpha value is -3.21. The average molecular weight is 347 g/mol. The molecule has 0 unspecified atom stereocenters. The molecule has 0 atom stereocenters. The minimum absolute atomic E-state index is 0.0757. The molecule has 1 aromatic heterocycles. The Bertz CT molecular complexity index is 984. The molecule has 1 N–H and O–H groups in total. The molecular weight excluding hydrogens is 326 g/mol. The van der Waals surface area contributed by atoms with Crippen LogP contribution in [0.15, 0.2) is 59.7 Å². The molecule has 0 aliphatic rings. The number of anilines is 1. The van der Waals surface area contributed by atoms with E-state index in [0.717, 1.165) is 27.9 Å². The summed E-state index contributed by atoms with van der Waals surface area (Å²) in [6.07, 6.45) is 1.42. The summed E-state index contributed by atoms with van der Waals surface area (Å²) in [5.41, 5.74) is 5.15. The number of aromatic nitrogens is 2. The lowest BCUT2D eigenvalue weighted by Crippen LogP contribution is -2.28. The van der Waals surface area contributed by atoms with Crippen LogP contribution in [-0.4, -0.2) is 15.5 Å². The molecule has 0 aliphatic carbocycles. The largest absolute Gasteiger partial charge is 0.324 e. The van der Waals surface area contributed by atoms with Crippen molar-refractivity contribution in [3.05, 3.63) is 81.9 Å². The van der Waals surface area contributed by atoms with Crippen LogP contribution in [0, 0.1) is 20.8 Å². The summed E-state index contributed by atoms with van der Waals surface area (Å²) in [5, 5.41) is 2.90. The lowest BCUT2D eigenvalue weighted by atomic mass is 10.1. The van der Waals surface area contributed by atoms with Gasteiger partial charge in [-0.25, -0.2) is 4.98 Å². The zero-order valence-corrected chi connectivity index (χ0v) is 15.1. The van der Waals surface area contributed by atoms with Crippen LogP contribution in [-0.2, 0) is 11.3 Å². The number of carbonyl (C=O) groups is 1. The predicted molar refractivity (Wildman–Crippen MR) is 103 cm³/mol. The van der Waals surface area contributed by atoms with Crippen LogP contribution in [0.4, 0.5) is 5.69 Å². The Morgan fingerprint density at radius 1 is 1.04 bits per heavy atom. The Morgan fingerprint density at radius 3 is 2.31 bits per heavy atom. The second-order valence-corrected chi connectivity index (χ2v) is 6.43. The molecule has 2 aromatic carbocycles. The number of hydrogen-bond donors (Lipinski definition) is 1. The molecule has 1 amide bonds. The van der Waals surface area contributed by atoms with E-state index in [9.17, 15) is 9.59 Å². The van der Waals surface area contributed by atoms with Crippen molar-refractivity contribution < 1.29 is 4.79 Å². The molecule has 0 fully saturated rings. The Morgan fingerprint density at radius 2 is 1.69 bits per heavy atom. The highest BCUT2D eigenvalue weighted by molar-refractivity contribution is 5.92. The van der Waals surface area contributed by atoms with Crippen LogP contribution >= 0.6 is 0 Å². The minimum Gasteiger partial charge on any atom is -0.324 e. The van der Waals surface area contributed by atoms with Gasteiger partial charge < -0.3 is 5.32 Å². The fourth-order valence-electron chi connectivity index (χ4n) is 3.02. The van der Waals surface area contributed by atoms with Crippen LogP contribution in [0.25, 0.3) is 11.3 Å². The van der Waals surface area contributed by atoms with Gasteiger partial charge in [-0.1, -0.05) is 48.0 Å². The van der Waals surface area contributed by atoms with Crippen molar-refractivity contribution in [2.75, 3.05) is 5.32 Å². The molecule has 0 bridgehead atoms. The van der Waals surface area contributed by atoms with Gasteiger partial charge in [0.05, 0.1) is 12.0 Å².